The van der Waals surface area contributed by atoms with Gasteiger partial charge in [-0.15, -0.1) is 0 Å². The normalized spacial score (nSPS) is 12.5. The van der Waals surface area contributed by atoms with Gasteiger partial charge in [0.1, 0.15) is 11.4 Å². The molecule has 2 aromatic heterocycles. The van der Waals surface area contributed by atoms with Crippen LogP contribution < -0.4 is 5.32 Å². The molecule has 6 heteroatoms. The summed E-state index contributed by atoms with van der Waals surface area (Å²) in [6.07, 6.45) is 2.60. The Morgan fingerprint density at radius 3 is 2.96 bits per heavy atom. The van der Waals surface area contributed by atoms with Gasteiger partial charge in [0.2, 0.25) is 0 Å². The zero-order valence-corrected chi connectivity index (χ0v) is 14.0. The molecular formula is C17H18ClN3O2. The number of hydrogen-bond donors (Lipinski definition) is 1. The van der Waals surface area contributed by atoms with E-state index in [-0.39, 0.29) is 11.9 Å². The molecule has 120 valence electrons. The summed E-state index contributed by atoms with van der Waals surface area (Å²) in [5.41, 5.74) is 1.42. The Morgan fingerprint density at radius 2 is 2.22 bits per heavy atom. The summed E-state index contributed by atoms with van der Waals surface area (Å²) in [4.78, 5) is 12.6. The largest absolute Gasteiger partial charge is 0.451 e. The first-order chi connectivity index (χ1) is 11.0. The second kappa shape index (κ2) is 6.08. The van der Waals surface area contributed by atoms with Crippen LogP contribution in [0, 0.1) is 6.92 Å². The van der Waals surface area contributed by atoms with Crippen molar-refractivity contribution in [3.05, 3.63) is 46.8 Å². The first-order valence-corrected chi connectivity index (χ1v) is 7.92. The highest BCUT2D eigenvalue weighted by Crippen LogP contribution is 2.28. The standard InChI is InChI=1S/C17H18ClN3O2/c1-4-10(2)21-15(7-8-19-21)20-17(22)16-11(3)13-9-12(18)5-6-14(13)23-16/h5-10H,4H2,1-3H3,(H,20,22). The van der Waals surface area contributed by atoms with E-state index < -0.39 is 0 Å². The van der Waals surface area contributed by atoms with Crippen molar-refractivity contribution in [1.82, 2.24) is 9.78 Å². The Kier molecular flexibility index (Phi) is 4.13. The Morgan fingerprint density at radius 1 is 1.43 bits per heavy atom. The van der Waals surface area contributed by atoms with E-state index in [2.05, 4.69) is 24.3 Å². The summed E-state index contributed by atoms with van der Waals surface area (Å²) in [7, 11) is 0. The first-order valence-electron chi connectivity index (χ1n) is 7.54. The van der Waals surface area contributed by atoms with Crippen LogP contribution in [0.2, 0.25) is 5.02 Å². The molecule has 0 saturated carbocycles. The van der Waals surface area contributed by atoms with Gasteiger partial charge in [-0.05, 0) is 38.5 Å². The first kappa shape index (κ1) is 15.6. The van der Waals surface area contributed by atoms with Crippen LogP contribution in [0.4, 0.5) is 5.82 Å². The van der Waals surface area contributed by atoms with Crippen LogP contribution in [-0.2, 0) is 0 Å². The molecule has 3 aromatic rings. The fraction of sp³-hybridized carbons (Fsp3) is 0.294. The van der Waals surface area contributed by atoms with Gasteiger partial charge in [0.15, 0.2) is 5.76 Å². The van der Waals surface area contributed by atoms with Gasteiger partial charge < -0.3 is 9.73 Å². The maximum atomic E-state index is 12.6. The van der Waals surface area contributed by atoms with Crippen LogP contribution in [0.15, 0.2) is 34.9 Å². The summed E-state index contributed by atoms with van der Waals surface area (Å²) < 4.78 is 7.49. The van der Waals surface area contributed by atoms with Crippen LogP contribution in [0.25, 0.3) is 11.0 Å². The lowest BCUT2D eigenvalue weighted by atomic mass is 10.1. The predicted octanol–water partition coefficient (Wildman–Crippen LogP) is 4.81. The third kappa shape index (κ3) is 2.84. The van der Waals surface area contributed by atoms with Crippen molar-refractivity contribution in [2.75, 3.05) is 5.32 Å². The minimum Gasteiger partial charge on any atom is -0.451 e. The predicted molar refractivity (Wildman–Crippen MR) is 91.1 cm³/mol. The van der Waals surface area contributed by atoms with Gasteiger partial charge in [-0.3, -0.25) is 4.79 Å². The molecule has 0 saturated heterocycles. The highest BCUT2D eigenvalue weighted by atomic mass is 35.5. The Bertz CT molecular complexity index is 866. The minimum atomic E-state index is -0.292. The molecule has 2 heterocycles. The number of fused-ring (bicyclic) bond motifs is 1. The molecule has 1 N–H and O–H groups in total. The molecule has 1 amide bonds. The summed E-state index contributed by atoms with van der Waals surface area (Å²) in [5, 5.41) is 8.60. The van der Waals surface area contributed by atoms with E-state index in [1.54, 1.807) is 35.1 Å². The van der Waals surface area contributed by atoms with Gasteiger partial charge in [-0.2, -0.15) is 5.10 Å². The van der Waals surface area contributed by atoms with Crippen LogP contribution in [0.3, 0.4) is 0 Å². The van der Waals surface area contributed by atoms with E-state index in [9.17, 15) is 4.79 Å². The van der Waals surface area contributed by atoms with E-state index in [1.165, 1.54) is 0 Å². The lowest BCUT2D eigenvalue weighted by molar-refractivity contribution is 0.0996. The topological polar surface area (TPSA) is 60.1 Å². The molecule has 0 aliphatic rings. The van der Waals surface area contributed by atoms with E-state index >= 15 is 0 Å². The van der Waals surface area contributed by atoms with Crippen LogP contribution in [0.5, 0.6) is 0 Å². The van der Waals surface area contributed by atoms with Crippen molar-refractivity contribution in [3.63, 3.8) is 0 Å². The van der Waals surface area contributed by atoms with Crippen LogP contribution in [-0.4, -0.2) is 15.7 Å². The summed E-state index contributed by atoms with van der Waals surface area (Å²) in [6.45, 7) is 5.98. The Hall–Kier alpha value is -2.27. The molecule has 1 unspecified atom stereocenters. The molecule has 3 rings (SSSR count). The van der Waals surface area contributed by atoms with E-state index in [0.717, 1.165) is 17.4 Å². The van der Waals surface area contributed by atoms with Crippen molar-refractivity contribution in [3.8, 4) is 0 Å². The maximum absolute atomic E-state index is 12.6. The number of carbonyl (C=O) groups is 1. The van der Waals surface area contributed by atoms with E-state index in [4.69, 9.17) is 16.0 Å². The van der Waals surface area contributed by atoms with E-state index in [1.807, 2.05) is 6.92 Å². The average Bonchev–Trinajstić information content (AvgIpc) is 3.12. The third-order valence-electron chi connectivity index (χ3n) is 4.02. The molecule has 0 aliphatic heterocycles. The van der Waals surface area contributed by atoms with Crippen LogP contribution in [0.1, 0.15) is 42.4 Å². The van der Waals surface area contributed by atoms with Gasteiger partial charge >= 0.3 is 0 Å². The minimum absolute atomic E-state index is 0.205. The number of aryl methyl sites for hydroxylation is 1. The van der Waals surface area contributed by atoms with Crippen molar-refractivity contribution >= 4 is 34.3 Å². The number of rotatable bonds is 4. The van der Waals surface area contributed by atoms with E-state index in [0.29, 0.717) is 22.2 Å². The van der Waals surface area contributed by atoms with Crippen molar-refractivity contribution in [2.45, 2.75) is 33.2 Å². The highest BCUT2D eigenvalue weighted by Gasteiger charge is 2.20. The lowest BCUT2D eigenvalue weighted by Gasteiger charge is -2.13. The van der Waals surface area contributed by atoms with Crippen LogP contribution >= 0.6 is 11.6 Å². The lowest BCUT2D eigenvalue weighted by Crippen LogP contribution is -2.17. The number of anilines is 1. The number of aromatic nitrogens is 2. The Labute approximate surface area is 139 Å². The zero-order valence-electron chi connectivity index (χ0n) is 13.3. The third-order valence-corrected chi connectivity index (χ3v) is 4.26. The number of benzene rings is 1. The fourth-order valence-electron chi connectivity index (χ4n) is 2.52. The SMILES string of the molecule is CCC(C)n1nccc1NC(=O)c1oc2ccc(Cl)cc2c1C. The molecule has 0 aliphatic carbocycles. The van der Waals surface area contributed by atoms with Gasteiger partial charge in [-0.25, -0.2) is 4.68 Å². The molecule has 0 fully saturated rings. The Balaban J connectivity index is 1.93. The maximum Gasteiger partial charge on any atom is 0.292 e. The molecule has 23 heavy (non-hydrogen) atoms. The highest BCUT2D eigenvalue weighted by molar-refractivity contribution is 6.31. The second-order valence-electron chi connectivity index (χ2n) is 5.57. The number of nitrogens with one attached hydrogen (secondary N) is 1. The van der Waals surface area contributed by atoms with Crippen molar-refractivity contribution < 1.29 is 9.21 Å². The van der Waals surface area contributed by atoms with Gasteiger partial charge in [0, 0.05) is 22.0 Å². The number of hydrogen-bond acceptors (Lipinski definition) is 3. The van der Waals surface area contributed by atoms with Gasteiger partial charge in [-0.1, -0.05) is 18.5 Å². The summed E-state index contributed by atoms with van der Waals surface area (Å²) in [5.74, 6) is 0.654. The average molecular weight is 332 g/mol. The van der Waals surface area contributed by atoms with Crippen molar-refractivity contribution in [1.29, 1.82) is 0 Å². The quantitative estimate of drug-likeness (QED) is 0.746. The van der Waals surface area contributed by atoms with Gasteiger partial charge in [0.05, 0.1) is 12.2 Å². The van der Waals surface area contributed by atoms with Gasteiger partial charge in [0.25, 0.3) is 5.91 Å². The number of carbonyl (C=O) groups excluding carboxylic acids is 1. The van der Waals surface area contributed by atoms with Crippen molar-refractivity contribution in [2.24, 2.45) is 0 Å². The molecular weight excluding hydrogens is 314 g/mol. The number of nitrogens with zero attached hydrogens (tertiary/aromatic N) is 2. The summed E-state index contributed by atoms with van der Waals surface area (Å²) in [6, 6.07) is 7.29. The second-order valence-corrected chi connectivity index (χ2v) is 6.01. The monoisotopic (exact) mass is 331 g/mol. The smallest absolute Gasteiger partial charge is 0.292 e. The molecule has 0 spiro atoms. The molecule has 5 nitrogen and oxygen atoms in total. The zero-order chi connectivity index (χ0) is 16.6. The molecule has 0 radical (unpaired) electrons. The molecule has 1 atom stereocenters. The number of halogens is 1. The molecule has 1 aromatic carbocycles. The number of amides is 1. The fourth-order valence-corrected chi connectivity index (χ4v) is 2.69. The molecule has 0 bridgehead atoms. The number of furan rings is 1. The summed E-state index contributed by atoms with van der Waals surface area (Å²) >= 11 is 6.01.